The molecule has 2 atom stereocenters. The Morgan fingerprint density at radius 2 is 1.95 bits per heavy atom. The van der Waals surface area contributed by atoms with Gasteiger partial charge in [0.2, 0.25) is 0 Å². The van der Waals surface area contributed by atoms with Crippen molar-refractivity contribution in [3.8, 4) is 0 Å². The van der Waals surface area contributed by atoms with E-state index < -0.39 is 11.4 Å². The summed E-state index contributed by atoms with van der Waals surface area (Å²) in [5, 5.41) is 9.92. The first-order valence-electron chi connectivity index (χ1n) is 8.20. The topological polar surface area (TPSA) is 46.5 Å². The summed E-state index contributed by atoms with van der Waals surface area (Å²) in [5.41, 5.74) is 1.73. The van der Waals surface area contributed by atoms with Gasteiger partial charge in [0.15, 0.2) is 0 Å². The van der Waals surface area contributed by atoms with E-state index in [1.165, 1.54) is 11.1 Å². The molecular formula is C18H30O3. The van der Waals surface area contributed by atoms with Crippen molar-refractivity contribution in [3.63, 3.8) is 0 Å². The van der Waals surface area contributed by atoms with Crippen LogP contribution in [-0.4, -0.2) is 24.8 Å². The molecule has 120 valence electrons. The van der Waals surface area contributed by atoms with Crippen molar-refractivity contribution < 1.29 is 14.6 Å². The lowest BCUT2D eigenvalue weighted by molar-refractivity contribution is -0.149. The number of rotatable bonds is 9. The molecule has 2 unspecified atom stereocenters. The highest BCUT2D eigenvalue weighted by molar-refractivity contribution is 5.79. The summed E-state index contributed by atoms with van der Waals surface area (Å²) in [6, 6.07) is 0. The zero-order chi connectivity index (χ0) is 15.9. The molecule has 0 bridgehead atoms. The fourth-order valence-corrected chi connectivity index (χ4v) is 3.50. The molecule has 0 heterocycles. The molecular weight excluding hydrogens is 264 g/mol. The Bertz CT molecular complexity index is 409. The fourth-order valence-electron chi connectivity index (χ4n) is 3.50. The number of carbonyl (C=O) groups is 1. The molecule has 1 N–H and O–H groups in total. The fraction of sp³-hybridized carbons (Fsp3) is 0.722. The van der Waals surface area contributed by atoms with Crippen molar-refractivity contribution in [1.82, 2.24) is 0 Å². The number of aliphatic carboxylic acids is 1. The maximum Gasteiger partial charge on any atom is 0.314 e. The number of allylic oxidation sites excluding steroid dienone is 3. The minimum Gasteiger partial charge on any atom is -0.481 e. The van der Waals surface area contributed by atoms with E-state index in [1.54, 1.807) is 7.11 Å². The van der Waals surface area contributed by atoms with Crippen LogP contribution in [0.2, 0.25) is 0 Å². The van der Waals surface area contributed by atoms with Crippen LogP contribution in [0.1, 0.15) is 59.3 Å². The molecule has 1 rings (SSSR count). The number of hydrogen-bond acceptors (Lipinski definition) is 2. The molecule has 0 aromatic rings. The van der Waals surface area contributed by atoms with Crippen LogP contribution in [0.3, 0.4) is 0 Å². The summed E-state index contributed by atoms with van der Waals surface area (Å²) in [4.78, 5) is 12.1. The lowest BCUT2D eigenvalue weighted by atomic mass is 9.64. The van der Waals surface area contributed by atoms with Crippen LogP contribution < -0.4 is 0 Å². The summed E-state index contributed by atoms with van der Waals surface area (Å²) in [6.07, 6.45) is 9.72. The molecule has 0 aromatic carbocycles. The zero-order valence-corrected chi connectivity index (χ0v) is 13.9. The number of methoxy groups -OCH3 is 1. The van der Waals surface area contributed by atoms with Crippen molar-refractivity contribution in [2.24, 2.45) is 11.3 Å². The molecule has 0 amide bonds. The average Bonchev–Trinajstić information content (AvgIpc) is 2.46. The Labute approximate surface area is 129 Å². The lowest BCUT2D eigenvalue weighted by Crippen LogP contribution is -2.40. The number of carboxylic acids is 1. The molecule has 0 aromatic heterocycles. The van der Waals surface area contributed by atoms with Crippen LogP contribution in [0.4, 0.5) is 0 Å². The number of hydrogen-bond donors (Lipinski definition) is 1. The summed E-state index contributed by atoms with van der Waals surface area (Å²) in [7, 11) is 1.68. The maximum atomic E-state index is 12.1. The van der Waals surface area contributed by atoms with Gasteiger partial charge in [0.25, 0.3) is 0 Å². The van der Waals surface area contributed by atoms with E-state index in [2.05, 4.69) is 19.9 Å². The normalized spacial score (nSPS) is 25.4. The minimum atomic E-state index is -0.762. The minimum absolute atomic E-state index is 0.0560. The highest BCUT2D eigenvalue weighted by atomic mass is 16.5. The van der Waals surface area contributed by atoms with Gasteiger partial charge >= 0.3 is 5.97 Å². The predicted octanol–water partition coefficient (Wildman–Crippen LogP) is 4.59. The van der Waals surface area contributed by atoms with Gasteiger partial charge in [0.1, 0.15) is 0 Å². The van der Waals surface area contributed by atoms with Gasteiger partial charge in [-0.3, -0.25) is 4.79 Å². The highest BCUT2D eigenvalue weighted by Crippen LogP contribution is 2.46. The summed E-state index contributed by atoms with van der Waals surface area (Å²) in [6.45, 7) is 6.89. The van der Waals surface area contributed by atoms with Crippen LogP contribution in [0.5, 0.6) is 0 Å². The molecule has 3 heteroatoms. The molecule has 0 fully saturated rings. The monoisotopic (exact) mass is 294 g/mol. The van der Waals surface area contributed by atoms with E-state index >= 15 is 0 Å². The van der Waals surface area contributed by atoms with E-state index in [1.807, 2.05) is 13.0 Å². The summed E-state index contributed by atoms with van der Waals surface area (Å²) < 4.78 is 5.22. The van der Waals surface area contributed by atoms with Crippen molar-refractivity contribution in [1.29, 1.82) is 0 Å². The van der Waals surface area contributed by atoms with Gasteiger partial charge in [-0.25, -0.2) is 0 Å². The highest BCUT2D eigenvalue weighted by Gasteiger charge is 2.45. The Morgan fingerprint density at radius 1 is 1.29 bits per heavy atom. The first kappa shape index (κ1) is 18.0. The van der Waals surface area contributed by atoms with E-state index in [4.69, 9.17) is 4.74 Å². The Morgan fingerprint density at radius 3 is 2.43 bits per heavy atom. The van der Waals surface area contributed by atoms with Gasteiger partial charge in [-0.15, -0.1) is 0 Å². The van der Waals surface area contributed by atoms with E-state index in [-0.39, 0.29) is 5.92 Å². The second-order valence-electron chi connectivity index (χ2n) is 5.97. The van der Waals surface area contributed by atoms with Gasteiger partial charge in [-0.05, 0) is 25.7 Å². The summed E-state index contributed by atoms with van der Waals surface area (Å²) >= 11 is 0. The quantitative estimate of drug-likeness (QED) is 0.676. The molecule has 21 heavy (non-hydrogen) atoms. The molecule has 1 aliphatic rings. The molecule has 0 saturated carbocycles. The standard InChI is InChI=1S/C18H30O3/c1-5-8-14-12-15(9-6-2)16(10-11-21-4)18(7-3,13-14)17(19)20/h12-13,16H,5-11H2,1-4H3,(H,19,20). The van der Waals surface area contributed by atoms with Crippen LogP contribution in [0.25, 0.3) is 0 Å². The van der Waals surface area contributed by atoms with Crippen LogP contribution in [0.15, 0.2) is 23.3 Å². The summed E-state index contributed by atoms with van der Waals surface area (Å²) in [5.74, 6) is -0.637. The first-order valence-corrected chi connectivity index (χ1v) is 8.20. The number of carboxylic acid groups (broad SMARTS) is 1. The Hall–Kier alpha value is -1.09. The van der Waals surface area contributed by atoms with Gasteiger partial charge in [0.05, 0.1) is 5.41 Å². The molecule has 0 saturated heterocycles. The SMILES string of the molecule is CCCC1=CC(CC)(C(=O)O)C(CCOC)C(CCC)=C1. The molecule has 0 radical (unpaired) electrons. The van der Waals surface area contributed by atoms with Crippen LogP contribution >= 0.6 is 0 Å². The Balaban J connectivity index is 3.25. The largest absolute Gasteiger partial charge is 0.481 e. The average molecular weight is 294 g/mol. The molecule has 3 nitrogen and oxygen atoms in total. The lowest BCUT2D eigenvalue weighted by Gasteiger charge is -2.39. The second kappa shape index (κ2) is 8.38. The van der Waals surface area contributed by atoms with Crippen LogP contribution in [0, 0.1) is 11.3 Å². The van der Waals surface area contributed by atoms with Crippen molar-refractivity contribution in [3.05, 3.63) is 23.3 Å². The first-order chi connectivity index (χ1) is 10.1. The van der Waals surface area contributed by atoms with Crippen LogP contribution in [-0.2, 0) is 9.53 Å². The van der Waals surface area contributed by atoms with Crippen molar-refractivity contribution in [2.45, 2.75) is 59.3 Å². The second-order valence-corrected chi connectivity index (χ2v) is 5.97. The smallest absolute Gasteiger partial charge is 0.314 e. The Kier molecular flexibility index (Phi) is 7.16. The van der Waals surface area contributed by atoms with Gasteiger partial charge in [-0.1, -0.05) is 56.9 Å². The third-order valence-corrected chi connectivity index (χ3v) is 4.55. The van der Waals surface area contributed by atoms with Gasteiger partial charge < -0.3 is 9.84 Å². The van der Waals surface area contributed by atoms with E-state index in [9.17, 15) is 9.90 Å². The van der Waals surface area contributed by atoms with E-state index in [0.29, 0.717) is 13.0 Å². The molecule has 0 aliphatic heterocycles. The third-order valence-electron chi connectivity index (χ3n) is 4.55. The van der Waals surface area contributed by atoms with Crippen molar-refractivity contribution >= 4 is 5.97 Å². The van der Waals surface area contributed by atoms with E-state index in [0.717, 1.165) is 32.1 Å². The maximum absolute atomic E-state index is 12.1. The van der Waals surface area contributed by atoms with Crippen molar-refractivity contribution in [2.75, 3.05) is 13.7 Å². The van der Waals surface area contributed by atoms with Gasteiger partial charge in [0, 0.05) is 19.6 Å². The predicted molar refractivity (Wildman–Crippen MR) is 86.3 cm³/mol. The van der Waals surface area contributed by atoms with Gasteiger partial charge in [-0.2, -0.15) is 0 Å². The molecule has 1 aliphatic carbocycles. The molecule has 0 spiro atoms. The third kappa shape index (κ3) is 3.97. The number of ether oxygens (including phenoxy) is 1. The zero-order valence-electron chi connectivity index (χ0n) is 13.9.